The molecular weight excluding hydrogens is 263 g/mol. The number of hydrogen-bond acceptors (Lipinski definition) is 2. The van der Waals surface area contributed by atoms with E-state index in [2.05, 4.69) is 37.1 Å². The topological polar surface area (TPSA) is 15.3 Å². The molecule has 1 aliphatic heterocycles. The maximum absolute atomic E-state index is 14.4. The molecule has 0 bridgehead atoms. The minimum atomic E-state index is -0.0769. The normalized spacial score (nSPS) is 17.3. The summed E-state index contributed by atoms with van der Waals surface area (Å²) in [5.41, 5.74) is 1.81. The summed E-state index contributed by atoms with van der Waals surface area (Å²) >= 11 is 0. The molecule has 0 unspecified atom stereocenters. The van der Waals surface area contributed by atoms with Crippen LogP contribution in [0.3, 0.4) is 0 Å². The molecule has 118 valence electrons. The van der Waals surface area contributed by atoms with Gasteiger partial charge in [-0.1, -0.05) is 19.9 Å². The average molecular weight is 292 g/mol. The largest absolute Gasteiger partial charge is 0.369 e. The fourth-order valence-electron chi connectivity index (χ4n) is 2.89. The molecule has 1 atom stereocenters. The summed E-state index contributed by atoms with van der Waals surface area (Å²) in [5, 5.41) is 3.48. The smallest absolute Gasteiger partial charge is 0.146 e. The molecule has 1 saturated heterocycles. The Morgan fingerprint density at radius 3 is 2.48 bits per heavy atom. The molecular formula is C18H29FN2. The number of piperidine rings is 1. The maximum Gasteiger partial charge on any atom is 0.146 e. The molecule has 0 amide bonds. The van der Waals surface area contributed by atoms with Crippen molar-refractivity contribution in [3.63, 3.8) is 0 Å². The van der Waals surface area contributed by atoms with Crippen molar-refractivity contribution in [1.82, 2.24) is 5.32 Å². The number of anilines is 1. The zero-order chi connectivity index (χ0) is 15.2. The molecule has 0 spiro atoms. The molecule has 2 nitrogen and oxygen atoms in total. The molecule has 1 aliphatic rings. The van der Waals surface area contributed by atoms with E-state index in [1.807, 2.05) is 6.07 Å². The summed E-state index contributed by atoms with van der Waals surface area (Å²) in [5.74, 6) is 0.620. The molecule has 0 saturated carbocycles. The van der Waals surface area contributed by atoms with Gasteiger partial charge >= 0.3 is 0 Å². The van der Waals surface area contributed by atoms with Gasteiger partial charge in [0, 0.05) is 19.1 Å². The van der Waals surface area contributed by atoms with E-state index in [-0.39, 0.29) is 11.9 Å². The van der Waals surface area contributed by atoms with Crippen LogP contribution in [-0.2, 0) is 0 Å². The zero-order valence-corrected chi connectivity index (χ0v) is 13.7. The van der Waals surface area contributed by atoms with Crippen LogP contribution in [0.2, 0.25) is 0 Å². The Balaban J connectivity index is 1.97. The molecule has 3 heteroatoms. The minimum Gasteiger partial charge on any atom is -0.369 e. The van der Waals surface area contributed by atoms with Crippen LogP contribution in [0.25, 0.3) is 0 Å². The lowest BCUT2D eigenvalue weighted by atomic mass is 10.0. The van der Waals surface area contributed by atoms with Crippen LogP contribution in [0.1, 0.15) is 58.1 Å². The van der Waals surface area contributed by atoms with Crippen molar-refractivity contribution in [2.75, 3.05) is 24.5 Å². The SMILES string of the molecule is CC(C)CCN[C@@H](C)c1ccc(N2CCCCC2)c(F)c1. The van der Waals surface area contributed by atoms with Gasteiger partial charge in [0.1, 0.15) is 5.82 Å². The number of nitrogens with zero attached hydrogens (tertiary/aromatic N) is 1. The zero-order valence-electron chi connectivity index (χ0n) is 13.7. The first-order valence-electron chi connectivity index (χ1n) is 8.35. The van der Waals surface area contributed by atoms with E-state index in [4.69, 9.17) is 0 Å². The van der Waals surface area contributed by atoms with Gasteiger partial charge in [0.15, 0.2) is 0 Å². The number of benzene rings is 1. The minimum absolute atomic E-state index is 0.0769. The third-order valence-electron chi connectivity index (χ3n) is 4.34. The summed E-state index contributed by atoms with van der Waals surface area (Å²) in [6.07, 6.45) is 4.77. The lowest BCUT2D eigenvalue weighted by molar-refractivity contribution is 0.495. The van der Waals surface area contributed by atoms with Gasteiger partial charge in [0.25, 0.3) is 0 Å². The summed E-state index contributed by atoms with van der Waals surface area (Å²) in [6, 6.07) is 5.93. The Hall–Kier alpha value is -1.09. The number of halogens is 1. The van der Waals surface area contributed by atoms with Crippen LogP contribution in [0.15, 0.2) is 18.2 Å². The summed E-state index contributed by atoms with van der Waals surface area (Å²) in [6.45, 7) is 9.50. The second-order valence-corrected chi connectivity index (χ2v) is 6.62. The van der Waals surface area contributed by atoms with Gasteiger partial charge in [-0.25, -0.2) is 4.39 Å². The summed E-state index contributed by atoms with van der Waals surface area (Å²) in [7, 11) is 0. The predicted molar refractivity (Wildman–Crippen MR) is 88.3 cm³/mol. The number of hydrogen-bond donors (Lipinski definition) is 1. The van der Waals surface area contributed by atoms with Crippen LogP contribution in [0.4, 0.5) is 10.1 Å². The van der Waals surface area contributed by atoms with Gasteiger partial charge in [0.05, 0.1) is 5.69 Å². The van der Waals surface area contributed by atoms with E-state index in [9.17, 15) is 4.39 Å². The van der Waals surface area contributed by atoms with E-state index >= 15 is 0 Å². The highest BCUT2D eigenvalue weighted by atomic mass is 19.1. The Labute approximate surface area is 128 Å². The number of nitrogens with one attached hydrogen (secondary N) is 1. The van der Waals surface area contributed by atoms with Gasteiger partial charge in [-0.05, 0) is 62.8 Å². The Kier molecular flexibility index (Phi) is 6.04. The van der Waals surface area contributed by atoms with Gasteiger partial charge in [0.2, 0.25) is 0 Å². The third kappa shape index (κ3) is 4.70. The van der Waals surface area contributed by atoms with Crippen LogP contribution in [0.5, 0.6) is 0 Å². The van der Waals surface area contributed by atoms with E-state index in [0.717, 1.165) is 37.3 Å². The summed E-state index contributed by atoms with van der Waals surface area (Å²) in [4.78, 5) is 2.18. The second kappa shape index (κ2) is 7.79. The highest BCUT2D eigenvalue weighted by molar-refractivity contribution is 5.49. The van der Waals surface area contributed by atoms with Crippen molar-refractivity contribution in [2.24, 2.45) is 5.92 Å². The van der Waals surface area contributed by atoms with E-state index < -0.39 is 0 Å². The molecule has 1 heterocycles. The molecule has 1 N–H and O–H groups in total. The Morgan fingerprint density at radius 2 is 1.86 bits per heavy atom. The Morgan fingerprint density at radius 1 is 1.14 bits per heavy atom. The first-order chi connectivity index (χ1) is 10.1. The van der Waals surface area contributed by atoms with E-state index in [1.54, 1.807) is 6.07 Å². The number of rotatable bonds is 6. The molecule has 0 aromatic heterocycles. The first-order valence-corrected chi connectivity index (χ1v) is 8.35. The van der Waals surface area contributed by atoms with Crippen molar-refractivity contribution >= 4 is 5.69 Å². The lowest BCUT2D eigenvalue weighted by Gasteiger charge is -2.29. The highest BCUT2D eigenvalue weighted by Crippen LogP contribution is 2.26. The predicted octanol–water partition coefficient (Wildman–Crippen LogP) is 4.51. The van der Waals surface area contributed by atoms with E-state index in [1.165, 1.54) is 19.3 Å². The highest BCUT2D eigenvalue weighted by Gasteiger charge is 2.16. The average Bonchev–Trinajstić information content (AvgIpc) is 2.47. The molecule has 1 aromatic rings. The second-order valence-electron chi connectivity index (χ2n) is 6.62. The van der Waals surface area contributed by atoms with Crippen LogP contribution in [-0.4, -0.2) is 19.6 Å². The standard InChI is InChI=1S/C18H29FN2/c1-14(2)9-10-20-15(3)16-7-8-18(17(19)13-16)21-11-5-4-6-12-21/h7-8,13-15,20H,4-6,9-12H2,1-3H3/t15-/m0/s1. The van der Waals surface area contributed by atoms with Crippen LogP contribution >= 0.6 is 0 Å². The molecule has 2 rings (SSSR count). The Bertz CT molecular complexity index is 439. The van der Waals surface area contributed by atoms with Gasteiger partial charge in [-0.3, -0.25) is 0 Å². The molecule has 21 heavy (non-hydrogen) atoms. The van der Waals surface area contributed by atoms with Gasteiger partial charge in [-0.2, -0.15) is 0 Å². The maximum atomic E-state index is 14.4. The molecule has 0 aliphatic carbocycles. The summed E-state index contributed by atoms with van der Waals surface area (Å²) < 4.78 is 14.4. The fourth-order valence-corrected chi connectivity index (χ4v) is 2.89. The quantitative estimate of drug-likeness (QED) is 0.829. The van der Waals surface area contributed by atoms with Gasteiger partial charge < -0.3 is 10.2 Å². The van der Waals surface area contributed by atoms with Crippen molar-refractivity contribution in [1.29, 1.82) is 0 Å². The van der Waals surface area contributed by atoms with E-state index in [0.29, 0.717) is 5.92 Å². The first kappa shape index (κ1) is 16.3. The fraction of sp³-hybridized carbons (Fsp3) is 0.667. The van der Waals surface area contributed by atoms with Gasteiger partial charge in [-0.15, -0.1) is 0 Å². The van der Waals surface area contributed by atoms with Crippen LogP contribution in [0, 0.1) is 11.7 Å². The van der Waals surface area contributed by atoms with Crippen molar-refractivity contribution in [3.05, 3.63) is 29.6 Å². The van der Waals surface area contributed by atoms with Crippen molar-refractivity contribution in [3.8, 4) is 0 Å². The molecule has 1 fully saturated rings. The van der Waals surface area contributed by atoms with Crippen molar-refractivity contribution < 1.29 is 4.39 Å². The third-order valence-corrected chi connectivity index (χ3v) is 4.34. The van der Waals surface area contributed by atoms with Crippen LogP contribution < -0.4 is 10.2 Å². The monoisotopic (exact) mass is 292 g/mol. The molecule has 1 aromatic carbocycles. The lowest BCUT2D eigenvalue weighted by Crippen LogP contribution is -2.30. The van der Waals surface area contributed by atoms with Crippen molar-refractivity contribution in [2.45, 2.75) is 52.5 Å². The molecule has 0 radical (unpaired) electrons.